The van der Waals surface area contributed by atoms with Gasteiger partial charge in [-0.2, -0.15) is 0 Å². The lowest BCUT2D eigenvalue weighted by Crippen LogP contribution is -2.44. The van der Waals surface area contributed by atoms with E-state index in [4.69, 9.17) is 4.74 Å². The number of hydrogen-bond acceptors (Lipinski definition) is 3. The van der Waals surface area contributed by atoms with Gasteiger partial charge in [0.15, 0.2) is 0 Å². The van der Waals surface area contributed by atoms with Crippen LogP contribution in [0.15, 0.2) is 0 Å². The van der Waals surface area contributed by atoms with Gasteiger partial charge in [0.2, 0.25) is 0 Å². The smallest absolute Gasteiger partial charge is 0.308 e. The molecule has 3 nitrogen and oxygen atoms in total. The highest BCUT2D eigenvalue weighted by molar-refractivity contribution is 5.72. The van der Waals surface area contributed by atoms with Gasteiger partial charge >= 0.3 is 5.97 Å². The zero-order chi connectivity index (χ0) is 11.7. The van der Waals surface area contributed by atoms with Crippen LogP contribution in [-0.4, -0.2) is 23.8 Å². The average molecular weight is 214 g/mol. The SMILES string of the molecule is COC(=O)C1CCC(C)(C(C)(C)O)CC1. The number of esters is 1. The molecule has 0 bridgehead atoms. The van der Waals surface area contributed by atoms with Crippen molar-refractivity contribution in [3.8, 4) is 0 Å². The molecule has 88 valence electrons. The van der Waals surface area contributed by atoms with Crippen molar-refractivity contribution in [2.24, 2.45) is 11.3 Å². The maximum Gasteiger partial charge on any atom is 0.308 e. The monoisotopic (exact) mass is 214 g/mol. The highest BCUT2D eigenvalue weighted by Crippen LogP contribution is 2.46. The van der Waals surface area contributed by atoms with E-state index in [0.717, 1.165) is 25.7 Å². The molecule has 0 aliphatic heterocycles. The van der Waals surface area contributed by atoms with Gasteiger partial charge in [0, 0.05) is 0 Å². The highest BCUT2D eigenvalue weighted by Gasteiger charge is 2.43. The first kappa shape index (κ1) is 12.5. The van der Waals surface area contributed by atoms with Crippen molar-refractivity contribution in [1.82, 2.24) is 0 Å². The molecule has 1 fully saturated rings. The number of methoxy groups -OCH3 is 1. The largest absolute Gasteiger partial charge is 0.469 e. The fourth-order valence-electron chi connectivity index (χ4n) is 2.27. The zero-order valence-corrected chi connectivity index (χ0v) is 10.2. The van der Waals surface area contributed by atoms with E-state index >= 15 is 0 Å². The summed E-state index contributed by atoms with van der Waals surface area (Å²) < 4.78 is 4.74. The topological polar surface area (TPSA) is 46.5 Å². The van der Waals surface area contributed by atoms with Crippen molar-refractivity contribution in [2.75, 3.05) is 7.11 Å². The van der Waals surface area contributed by atoms with Crippen molar-refractivity contribution in [2.45, 2.75) is 52.1 Å². The number of hydrogen-bond donors (Lipinski definition) is 1. The summed E-state index contributed by atoms with van der Waals surface area (Å²) in [4.78, 5) is 11.3. The number of ether oxygens (including phenoxy) is 1. The fourth-order valence-corrected chi connectivity index (χ4v) is 2.27. The third-order valence-corrected chi connectivity index (χ3v) is 4.10. The van der Waals surface area contributed by atoms with Crippen LogP contribution in [0, 0.1) is 11.3 Å². The molecular weight excluding hydrogens is 192 g/mol. The second-order valence-corrected chi connectivity index (χ2v) is 5.42. The van der Waals surface area contributed by atoms with Crippen LogP contribution in [-0.2, 0) is 9.53 Å². The Hall–Kier alpha value is -0.570. The van der Waals surface area contributed by atoms with Crippen molar-refractivity contribution in [3.63, 3.8) is 0 Å². The Kier molecular flexibility index (Phi) is 3.44. The van der Waals surface area contributed by atoms with Crippen LogP contribution >= 0.6 is 0 Å². The standard InChI is InChI=1S/C12H22O3/c1-11(2,14)12(3)7-5-9(6-8-12)10(13)15-4/h9,14H,5-8H2,1-4H3. The first-order valence-electron chi connectivity index (χ1n) is 5.60. The molecule has 0 spiro atoms. The van der Waals surface area contributed by atoms with Gasteiger partial charge in [-0.05, 0) is 44.9 Å². The molecule has 0 aromatic rings. The molecule has 0 aromatic heterocycles. The summed E-state index contributed by atoms with van der Waals surface area (Å²) in [5.74, 6) is -0.0711. The minimum Gasteiger partial charge on any atom is -0.469 e. The molecule has 0 heterocycles. The fraction of sp³-hybridized carbons (Fsp3) is 0.917. The van der Waals surface area contributed by atoms with Crippen LogP contribution in [0.1, 0.15) is 46.5 Å². The minimum absolute atomic E-state index is 0.0328. The molecule has 0 atom stereocenters. The van der Waals surface area contributed by atoms with Crippen LogP contribution in [0.2, 0.25) is 0 Å². The van der Waals surface area contributed by atoms with Gasteiger partial charge < -0.3 is 9.84 Å². The van der Waals surface area contributed by atoms with E-state index in [2.05, 4.69) is 6.92 Å². The Balaban J connectivity index is 2.59. The van der Waals surface area contributed by atoms with E-state index in [1.807, 2.05) is 13.8 Å². The van der Waals surface area contributed by atoms with Crippen LogP contribution in [0.3, 0.4) is 0 Å². The molecule has 1 aliphatic carbocycles. The van der Waals surface area contributed by atoms with Crippen molar-refractivity contribution in [1.29, 1.82) is 0 Å². The Bertz CT molecular complexity index is 232. The Morgan fingerprint density at radius 2 is 1.87 bits per heavy atom. The molecule has 1 N–H and O–H groups in total. The summed E-state index contributed by atoms with van der Waals surface area (Å²) in [6.07, 6.45) is 3.42. The third-order valence-electron chi connectivity index (χ3n) is 4.10. The van der Waals surface area contributed by atoms with E-state index in [1.54, 1.807) is 0 Å². The second-order valence-electron chi connectivity index (χ2n) is 5.42. The van der Waals surface area contributed by atoms with Crippen LogP contribution in [0.5, 0.6) is 0 Å². The summed E-state index contributed by atoms with van der Waals surface area (Å²) in [6.45, 7) is 5.80. The highest BCUT2D eigenvalue weighted by atomic mass is 16.5. The predicted octanol–water partition coefficient (Wildman–Crippen LogP) is 2.13. The maximum atomic E-state index is 11.3. The van der Waals surface area contributed by atoms with E-state index < -0.39 is 5.60 Å². The molecule has 0 radical (unpaired) electrons. The molecule has 1 saturated carbocycles. The number of carbonyl (C=O) groups excluding carboxylic acids is 1. The molecule has 3 heteroatoms. The summed E-state index contributed by atoms with van der Waals surface area (Å²) in [6, 6.07) is 0. The van der Waals surface area contributed by atoms with Crippen molar-refractivity contribution < 1.29 is 14.6 Å². The molecule has 0 amide bonds. The van der Waals surface area contributed by atoms with Gasteiger partial charge in [-0.25, -0.2) is 0 Å². The first-order valence-corrected chi connectivity index (χ1v) is 5.60. The molecule has 0 aromatic carbocycles. The molecule has 15 heavy (non-hydrogen) atoms. The van der Waals surface area contributed by atoms with Crippen LogP contribution in [0.25, 0.3) is 0 Å². The average Bonchev–Trinajstić information content (AvgIpc) is 2.16. The molecular formula is C12H22O3. The van der Waals surface area contributed by atoms with Gasteiger partial charge in [-0.1, -0.05) is 6.92 Å². The van der Waals surface area contributed by atoms with Crippen molar-refractivity contribution >= 4 is 5.97 Å². The normalized spacial score (nSPS) is 32.5. The van der Waals surface area contributed by atoms with Crippen LogP contribution < -0.4 is 0 Å². The van der Waals surface area contributed by atoms with Gasteiger partial charge in [0.1, 0.15) is 0 Å². The number of rotatable bonds is 2. The van der Waals surface area contributed by atoms with E-state index in [9.17, 15) is 9.90 Å². The van der Waals surface area contributed by atoms with Gasteiger partial charge in [0.25, 0.3) is 0 Å². The van der Waals surface area contributed by atoms with Gasteiger partial charge in [-0.3, -0.25) is 4.79 Å². The van der Waals surface area contributed by atoms with Gasteiger partial charge in [-0.15, -0.1) is 0 Å². The lowest BCUT2D eigenvalue weighted by Gasteiger charge is -2.44. The Morgan fingerprint density at radius 3 is 2.20 bits per heavy atom. The second kappa shape index (κ2) is 4.12. The summed E-state index contributed by atoms with van der Waals surface area (Å²) in [5.41, 5.74) is -0.744. The summed E-state index contributed by atoms with van der Waals surface area (Å²) in [7, 11) is 1.44. The maximum absolute atomic E-state index is 11.3. The molecule has 1 rings (SSSR count). The number of carbonyl (C=O) groups is 1. The number of aliphatic hydroxyl groups is 1. The minimum atomic E-state index is -0.673. The zero-order valence-electron chi connectivity index (χ0n) is 10.2. The summed E-state index contributed by atoms with van der Waals surface area (Å²) in [5, 5.41) is 10.1. The molecule has 1 aliphatic rings. The van der Waals surface area contributed by atoms with E-state index in [1.165, 1.54) is 7.11 Å². The predicted molar refractivity (Wildman–Crippen MR) is 58.4 cm³/mol. The Morgan fingerprint density at radius 1 is 1.40 bits per heavy atom. The lowest BCUT2D eigenvalue weighted by atomic mass is 9.64. The van der Waals surface area contributed by atoms with E-state index in [-0.39, 0.29) is 17.3 Å². The molecule has 0 unspecified atom stereocenters. The molecule has 0 saturated heterocycles. The van der Waals surface area contributed by atoms with Crippen molar-refractivity contribution in [3.05, 3.63) is 0 Å². The third kappa shape index (κ3) is 2.51. The quantitative estimate of drug-likeness (QED) is 0.716. The lowest BCUT2D eigenvalue weighted by molar-refractivity contribution is -0.149. The van der Waals surface area contributed by atoms with Crippen LogP contribution in [0.4, 0.5) is 0 Å². The van der Waals surface area contributed by atoms with E-state index in [0.29, 0.717) is 0 Å². The summed E-state index contributed by atoms with van der Waals surface area (Å²) >= 11 is 0. The van der Waals surface area contributed by atoms with Gasteiger partial charge in [0.05, 0.1) is 18.6 Å². The Labute approximate surface area is 91.8 Å². The first-order chi connectivity index (χ1) is 6.80.